The molecule has 1 aliphatic rings. The first kappa shape index (κ1) is 13.3. The topological polar surface area (TPSA) is 72.4 Å². The summed E-state index contributed by atoms with van der Waals surface area (Å²) < 4.78 is 0.758. The number of benzene rings is 1. The molecule has 1 aromatic rings. The zero-order valence-corrected chi connectivity index (χ0v) is 11.8. The molecule has 0 saturated carbocycles. The van der Waals surface area contributed by atoms with Crippen LogP contribution in [0, 0.1) is 17.0 Å². The highest BCUT2D eigenvalue weighted by Gasteiger charge is 2.21. The fourth-order valence-corrected chi connectivity index (χ4v) is 2.91. The number of hydrogen-bond donors (Lipinski definition) is 1. The number of nitro groups is 1. The summed E-state index contributed by atoms with van der Waals surface area (Å²) in [5.41, 5.74) is 7.78. The first-order valence-corrected chi connectivity index (χ1v) is 6.73. The van der Waals surface area contributed by atoms with Gasteiger partial charge in [0.05, 0.1) is 10.6 Å². The van der Waals surface area contributed by atoms with Crippen molar-refractivity contribution in [3.63, 3.8) is 0 Å². The molecule has 0 radical (unpaired) electrons. The van der Waals surface area contributed by atoms with Gasteiger partial charge < -0.3 is 10.6 Å². The minimum Gasteiger partial charge on any atom is -0.369 e. The highest BCUT2D eigenvalue weighted by atomic mass is 79.9. The monoisotopic (exact) mass is 313 g/mol. The Bertz CT molecular complexity index is 479. The lowest BCUT2D eigenvalue weighted by Gasteiger charge is -2.33. The molecule has 1 aliphatic heterocycles. The number of halogens is 1. The summed E-state index contributed by atoms with van der Waals surface area (Å²) in [5, 5.41) is 10.9. The lowest BCUT2D eigenvalue weighted by atomic mass is 10.0. The van der Waals surface area contributed by atoms with E-state index in [1.54, 1.807) is 13.0 Å². The summed E-state index contributed by atoms with van der Waals surface area (Å²) in [6, 6.07) is 3.62. The molecule has 0 spiro atoms. The maximum absolute atomic E-state index is 10.9. The fourth-order valence-electron chi connectivity index (χ4n) is 2.32. The Morgan fingerprint density at radius 2 is 2.28 bits per heavy atom. The molecule has 1 fully saturated rings. The van der Waals surface area contributed by atoms with Gasteiger partial charge in [-0.1, -0.05) is 0 Å². The molecule has 2 rings (SSSR count). The summed E-state index contributed by atoms with van der Waals surface area (Å²) in [4.78, 5) is 12.7. The van der Waals surface area contributed by atoms with Gasteiger partial charge in [-0.2, -0.15) is 0 Å². The van der Waals surface area contributed by atoms with Crippen molar-refractivity contribution >= 4 is 27.3 Å². The molecular formula is C12H16BrN3O2. The minimum absolute atomic E-state index is 0.145. The van der Waals surface area contributed by atoms with Crippen molar-refractivity contribution in [1.29, 1.82) is 0 Å². The Balaban J connectivity index is 2.34. The Kier molecular flexibility index (Phi) is 3.87. The van der Waals surface area contributed by atoms with Crippen molar-refractivity contribution in [2.45, 2.75) is 25.8 Å². The van der Waals surface area contributed by atoms with Gasteiger partial charge in [0.15, 0.2) is 0 Å². The molecule has 18 heavy (non-hydrogen) atoms. The summed E-state index contributed by atoms with van der Waals surface area (Å²) >= 11 is 3.42. The van der Waals surface area contributed by atoms with Gasteiger partial charge in [0.25, 0.3) is 5.69 Å². The van der Waals surface area contributed by atoms with E-state index >= 15 is 0 Å². The summed E-state index contributed by atoms with van der Waals surface area (Å²) in [6.45, 7) is 3.51. The maximum atomic E-state index is 10.9. The van der Waals surface area contributed by atoms with Crippen molar-refractivity contribution in [2.24, 2.45) is 5.73 Å². The third-order valence-electron chi connectivity index (χ3n) is 3.26. The summed E-state index contributed by atoms with van der Waals surface area (Å²) in [7, 11) is 0. The van der Waals surface area contributed by atoms with Crippen LogP contribution in [0.3, 0.4) is 0 Å². The molecule has 1 heterocycles. The van der Waals surface area contributed by atoms with Crippen molar-refractivity contribution in [2.75, 3.05) is 18.0 Å². The quantitative estimate of drug-likeness (QED) is 0.673. The second-order valence-electron chi connectivity index (χ2n) is 4.70. The minimum atomic E-state index is -0.355. The number of aryl methyl sites for hydroxylation is 1. The maximum Gasteiger partial charge on any atom is 0.273 e. The molecule has 5 nitrogen and oxygen atoms in total. The molecule has 0 unspecified atom stereocenters. The van der Waals surface area contributed by atoms with E-state index in [1.807, 2.05) is 6.07 Å². The number of piperidine rings is 1. The van der Waals surface area contributed by atoms with Crippen LogP contribution in [0.15, 0.2) is 16.6 Å². The van der Waals surface area contributed by atoms with Gasteiger partial charge in [-0.05, 0) is 41.8 Å². The zero-order chi connectivity index (χ0) is 13.3. The van der Waals surface area contributed by atoms with Crippen molar-refractivity contribution in [3.8, 4) is 0 Å². The Morgan fingerprint density at radius 3 is 2.89 bits per heavy atom. The molecule has 0 aromatic heterocycles. The highest BCUT2D eigenvalue weighted by molar-refractivity contribution is 9.10. The molecular weight excluding hydrogens is 298 g/mol. The SMILES string of the molecule is Cc1cc(N2CCC[C@@H](N)C2)c(Br)cc1[N+](=O)[O-]. The van der Waals surface area contributed by atoms with Gasteiger partial charge in [-0.25, -0.2) is 0 Å². The summed E-state index contributed by atoms with van der Waals surface area (Å²) in [6.07, 6.45) is 2.10. The third-order valence-corrected chi connectivity index (χ3v) is 3.90. The largest absolute Gasteiger partial charge is 0.369 e. The van der Waals surface area contributed by atoms with E-state index in [-0.39, 0.29) is 16.7 Å². The van der Waals surface area contributed by atoms with Crippen LogP contribution in [0.4, 0.5) is 11.4 Å². The fraction of sp³-hybridized carbons (Fsp3) is 0.500. The third kappa shape index (κ3) is 2.64. The number of nitrogens with zero attached hydrogens (tertiary/aromatic N) is 2. The number of anilines is 1. The van der Waals surface area contributed by atoms with Crippen LogP contribution in [-0.2, 0) is 0 Å². The second-order valence-corrected chi connectivity index (χ2v) is 5.55. The average molecular weight is 314 g/mol. The Labute approximate surface area is 114 Å². The molecule has 2 N–H and O–H groups in total. The van der Waals surface area contributed by atoms with Gasteiger partial charge in [-0.3, -0.25) is 10.1 Å². The van der Waals surface area contributed by atoms with Crippen LogP contribution in [0.2, 0.25) is 0 Å². The average Bonchev–Trinajstić information content (AvgIpc) is 2.31. The first-order chi connectivity index (χ1) is 8.49. The molecule has 0 amide bonds. The van der Waals surface area contributed by atoms with Gasteiger partial charge in [0.1, 0.15) is 0 Å². The van der Waals surface area contributed by atoms with E-state index in [0.717, 1.165) is 36.1 Å². The zero-order valence-electron chi connectivity index (χ0n) is 10.2. The van der Waals surface area contributed by atoms with Crippen LogP contribution in [0.1, 0.15) is 18.4 Å². The highest BCUT2D eigenvalue weighted by Crippen LogP contribution is 2.34. The Hall–Kier alpha value is -1.14. The molecule has 0 bridgehead atoms. The number of rotatable bonds is 2. The van der Waals surface area contributed by atoms with Crippen molar-refractivity contribution in [1.82, 2.24) is 0 Å². The van der Waals surface area contributed by atoms with E-state index in [4.69, 9.17) is 5.73 Å². The van der Waals surface area contributed by atoms with E-state index in [2.05, 4.69) is 20.8 Å². The number of nitrogens with two attached hydrogens (primary N) is 1. The van der Waals surface area contributed by atoms with E-state index in [0.29, 0.717) is 5.56 Å². The van der Waals surface area contributed by atoms with Crippen LogP contribution < -0.4 is 10.6 Å². The predicted octanol–water partition coefficient (Wildman–Crippen LogP) is 2.59. The predicted molar refractivity (Wildman–Crippen MR) is 75.0 cm³/mol. The summed E-state index contributed by atoms with van der Waals surface area (Å²) in [5.74, 6) is 0. The van der Waals surface area contributed by atoms with Crippen LogP contribution in [0.5, 0.6) is 0 Å². The van der Waals surface area contributed by atoms with Crippen molar-refractivity contribution in [3.05, 3.63) is 32.3 Å². The van der Waals surface area contributed by atoms with E-state index < -0.39 is 0 Å². The van der Waals surface area contributed by atoms with Gasteiger partial charge in [0.2, 0.25) is 0 Å². The van der Waals surface area contributed by atoms with E-state index in [1.165, 1.54) is 0 Å². The van der Waals surface area contributed by atoms with Crippen molar-refractivity contribution < 1.29 is 4.92 Å². The lowest BCUT2D eigenvalue weighted by Crippen LogP contribution is -2.43. The van der Waals surface area contributed by atoms with Gasteiger partial charge in [0, 0.05) is 35.2 Å². The lowest BCUT2D eigenvalue weighted by molar-refractivity contribution is -0.385. The molecule has 0 aliphatic carbocycles. The molecule has 6 heteroatoms. The molecule has 98 valence electrons. The molecule has 1 saturated heterocycles. The molecule has 1 atom stereocenters. The van der Waals surface area contributed by atoms with Crippen LogP contribution in [0.25, 0.3) is 0 Å². The van der Waals surface area contributed by atoms with E-state index in [9.17, 15) is 10.1 Å². The second kappa shape index (κ2) is 5.24. The smallest absolute Gasteiger partial charge is 0.273 e. The standard InChI is InChI=1S/C12H16BrN3O2/c1-8-5-12(10(13)6-11(8)16(17)18)15-4-2-3-9(14)7-15/h5-6,9H,2-4,7,14H2,1H3/t9-/m1/s1. The number of hydrogen-bond acceptors (Lipinski definition) is 4. The van der Waals surface area contributed by atoms with Crippen LogP contribution in [-0.4, -0.2) is 24.1 Å². The normalized spacial score (nSPS) is 19.9. The number of nitro benzene ring substituents is 1. The van der Waals surface area contributed by atoms with Gasteiger partial charge >= 0.3 is 0 Å². The van der Waals surface area contributed by atoms with Gasteiger partial charge in [-0.15, -0.1) is 0 Å². The molecule has 1 aromatic carbocycles. The first-order valence-electron chi connectivity index (χ1n) is 5.94. The van der Waals surface area contributed by atoms with Crippen LogP contribution >= 0.6 is 15.9 Å². The Morgan fingerprint density at radius 1 is 1.56 bits per heavy atom.